The van der Waals surface area contributed by atoms with Crippen molar-refractivity contribution in [3.8, 4) is 0 Å². The first-order valence-corrected chi connectivity index (χ1v) is 8.67. The van der Waals surface area contributed by atoms with E-state index in [1.165, 1.54) is 0 Å². The Hall–Kier alpha value is -3.22. The van der Waals surface area contributed by atoms with Gasteiger partial charge in [-0.1, -0.05) is 45.0 Å². The van der Waals surface area contributed by atoms with Gasteiger partial charge in [0.15, 0.2) is 0 Å². The Bertz CT molecular complexity index is 971. The molecule has 0 aliphatic rings. The molecule has 0 saturated heterocycles. The molecule has 0 saturated carbocycles. The van der Waals surface area contributed by atoms with Crippen LogP contribution in [0.5, 0.6) is 0 Å². The summed E-state index contributed by atoms with van der Waals surface area (Å²) in [7, 11) is 0. The fourth-order valence-corrected chi connectivity index (χ4v) is 2.87. The van der Waals surface area contributed by atoms with Crippen LogP contribution in [0.15, 0.2) is 42.5 Å². The molecule has 3 aromatic rings. The summed E-state index contributed by atoms with van der Waals surface area (Å²) in [5.74, 6) is -1.34. The average molecular weight is 366 g/mol. The van der Waals surface area contributed by atoms with Gasteiger partial charge < -0.3 is 10.4 Å². The predicted octanol–water partition coefficient (Wildman–Crippen LogP) is 3.20. The summed E-state index contributed by atoms with van der Waals surface area (Å²) >= 11 is 0. The summed E-state index contributed by atoms with van der Waals surface area (Å²) in [6.07, 6.45) is -0.202. The maximum atomic E-state index is 12.6. The summed E-state index contributed by atoms with van der Waals surface area (Å²) in [4.78, 5) is 23.9. The number of hydrogen-bond donors (Lipinski definition) is 3. The molecular formula is C20H22N4O3. The van der Waals surface area contributed by atoms with Crippen LogP contribution in [0.2, 0.25) is 0 Å². The van der Waals surface area contributed by atoms with Crippen LogP contribution in [-0.4, -0.2) is 32.4 Å². The summed E-state index contributed by atoms with van der Waals surface area (Å²) in [6.45, 7) is 6.33. The van der Waals surface area contributed by atoms with Crippen molar-refractivity contribution in [2.24, 2.45) is 0 Å². The number of carbonyl (C=O) groups is 2. The molecule has 0 spiro atoms. The number of aromatic amines is 1. The number of amides is 1. The number of carboxylic acids is 1. The lowest BCUT2D eigenvalue weighted by molar-refractivity contribution is -0.137. The van der Waals surface area contributed by atoms with Gasteiger partial charge in [-0.05, 0) is 34.7 Å². The molecule has 7 nitrogen and oxygen atoms in total. The second-order valence-electron chi connectivity index (χ2n) is 7.52. The number of nitrogens with one attached hydrogen (secondary N) is 2. The van der Waals surface area contributed by atoms with E-state index in [0.29, 0.717) is 16.6 Å². The molecule has 1 amide bonds. The Morgan fingerprint density at radius 3 is 2.37 bits per heavy atom. The monoisotopic (exact) mass is 366 g/mol. The van der Waals surface area contributed by atoms with E-state index in [4.69, 9.17) is 0 Å². The normalized spacial score (nSPS) is 12.7. The van der Waals surface area contributed by atoms with Gasteiger partial charge in [-0.3, -0.25) is 9.59 Å². The van der Waals surface area contributed by atoms with Gasteiger partial charge in [0.05, 0.1) is 12.5 Å². The van der Waals surface area contributed by atoms with Crippen molar-refractivity contribution in [2.75, 3.05) is 0 Å². The number of carbonyl (C=O) groups excluding carboxylic acids is 1. The van der Waals surface area contributed by atoms with Gasteiger partial charge in [-0.25, -0.2) is 0 Å². The van der Waals surface area contributed by atoms with Crippen LogP contribution in [0.25, 0.3) is 11.0 Å². The Kier molecular flexibility index (Phi) is 4.94. The van der Waals surface area contributed by atoms with Gasteiger partial charge in [-0.2, -0.15) is 15.4 Å². The molecule has 2 aromatic carbocycles. The number of carboxylic acid groups (broad SMARTS) is 1. The van der Waals surface area contributed by atoms with E-state index < -0.39 is 12.0 Å². The Morgan fingerprint density at radius 2 is 1.74 bits per heavy atom. The quantitative estimate of drug-likeness (QED) is 0.643. The number of rotatable bonds is 5. The highest BCUT2D eigenvalue weighted by Crippen LogP contribution is 2.25. The van der Waals surface area contributed by atoms with Crippen LogP contribution in [0, 0.1) is 0 Å². The van der Waals surface area contributed by atoms with Gasteiger partial charge in [-0.15, -0.1) is 0 Å². The SMILES string of the molecule is CC(C)(C)c1ccc(C(CC(=O)O)NC(=O)c2ccc3n[nH]nc3c2)cc1. The molecule has 1 atom stereocenters. The largest absolute Gasteiger partial charge is 0.481 e. The molecule has 0 aliphatic carbocycles. The predicted molar refractivity (Wildman–Crippen MR) is 101 cm³/mol. The third-order valence-electron chi connectivity index (χ3n) is 4.44. The van der Waals surface area contributed by atoms with E-state index >= 15 is 0 Å². The summed E-state index contributed by atoms with van der Waals surface area (Å²) < 4.78 is 0. The number of benzene rings is 2. The number of fused-ring (bicyclic) bond motifs is 1. The maximum Gasteiger partial charge on any atom is 0.305 e. The van der Waals surface area contributed by atoms with Gasteiger partial charge in [0.2, 0.25) is 0 Å². The minimum atomic E-state index is -0.979. The zero-order chi connectivity index (χ0) is 19.6. The summed E-state index contributed by atoms with van der Waals surface area (Å²) in [6, 6.07) is 12.0. The Labute approximate surface area is 156 Å². The van der Waals surface area contributed by atoms with Crippen molar-refractivity contribution in [1.29, 1.82) is 0 Å². The van der Waals surface area contributed by atoms with Crippen molar-refractivity contribution < 1.29 is 14.7 Å². The first-order valence-electron chi connectivity index (χ1n) is 8.67. The molecule has 27 heavy (non-hydrogen) atoms. The van der Waals surface area contributed by atoms with Crippen LogP contribution in [0.4, 0.5) is 0 Å². The van der Waals surface area contributed by atoms with Crippen molar-refractivity contribution in [3.63, 3.8) is 0 Å². The minimum absolute atomic E-state index is 0.00290. The van der Waals surface area contributed by atoms with E-state index in [1.807, 2.05) is 24.3 Å². The van der Waals surface area contributed by atoms with Crippen molar-refractivity contribution in [3.05, 3.63) is 59.2 Å². The zero-order valence-electron chi connectivity index (χ0n) is 15.5. The molecule has 1 unspecified atom stereocenters. The molecule has 3 rings (SSSR count). The second-order valence-corrected chi connectivity index (χ2v) is 7.52. The van der Waals surface area contributed by atoms with Crippen molar-refractivity contribution in [2.45, 2.75) is 38.6 Å². The highest BCUT2D eigenvalue weighted by Gasteiger charge is 2.21. The molecule has 0 fully saturated rings. The number of aromatic nitrogens is 3. The number of nitrogens with zero attached hydrogens (tertiary/aromatic N) is 2. The molecule has 140 valence electrons. The smallest absolute Gasteiger partial charge is 0.305 e. The van der Waals surface area contributed by atoms with Gasteiger partial charge in [0.25, 0.3) is 5.91 Å². The van der Waals surface area contributed by atoms with Crippen LogP contribution < -0.4 is 5.32 Å². The zero-order valence-corrected chi connectivity index (χ0v) is 15.5. The average Bonchev–Trinajstić information content (AvgIpc) is 3.07. The molecule has 7 heteroatoms. The van der Waals surface area contributed by atoms with Crippen molar-refractivity contribution >= 4 is 22.9 Å². The van der Waals surface area contributed by atoms with E-state index in [1.54, 1.807) is 18.2 Å². The number of aliphatic carboxylic acids is 1. The lowest BCUT2D eigenvalue weighted by Gasteiger charge is -2.22. The standard InChI is InChI=1S/C20H22N4O3/c1-20(2,3)14-7-4-12(5-8-14)16(11-18(25)26)21-19(27)13-6-9-15-17(10-13)23-24-22-15/h4-10,16H,11H2,1-3H3,(H,21,27)(H,25,26)(H,22,23,24). The van der Waals surface area contributed by atoms with Gasteiger partial charge in [0, 0.05) is 5.56 Å². The first-order chi connectivity index (χ1) is 12.7. The van der Waals surface area contributed by atoms with E-state index in [9.17, 15) is 14.7 Å². The number of H-pyrrole nitrogens is 1. The lowest BCUT2D eigenvalue weighted by atomic mass is 9.86. The first kappa shape index (κ1) is 18.6. The van der Waals surface area contributed by atoms with Crippen LogP contribution in [0.1, 0.15) is 54.7 Å². The molecule has 1 aromatic heterocycles. The topological polar surface area (TPSA) is 108 Å². The van der Waals surface area contributed by atoms with Crippen LogP contribution in [0.3, 0.4) is 0 Å². The third-order valence-corrected chi connectivity index (χ3v) is 4.44. The fourth-order valence-electron chi connectivity index (χ4n) is 2.87. The van der Waals surface area contributed by atoms with E-state index in [0.717, 1.165) is 11.1 Å². The van der Waals surface area contributed by atoms with Gasteiger partial charge >= 0.3 is 5.97 Å². The highest BCUT2D eigenvalue weighted by molar-refractivity contribution is 5.97. The summed E-state index contributed by atoms with van der Waals surface area (Å²) in [5, 5.41) is 22.5. The Balaban J connectivity index is 1.83. The molecular weight excluding hydrogens is 344 g/mol. The highest BCUT2D eigenvalue weighted by atomic mass is 16.4. The van der Waals surface area contributed by atoms with E-state index in [-0.39, 0.29) is 17.7 Å². The maximum absolute atomic E-state index is 12.6. The third kappa shape index (κ3) is 4.31. The molecule has 3 N–H and O–H groups in total. The second kappa shape index (κ2) is 7.19. The molecule has 1 heterocycles. The lowest BCUT2D eigenvalue weighted by Crippen LogP contribution is -2.30. The molecule has 0 radical (unpaired) electrons. The number of hydrogen-bond acceptors (Lipinski definition) is 4. The fraction of sp³-hybridized carbons (Fsp3) is 0.300. The van der Waals surface area contributed by atoms with E-state index in [2.05, 4.69) is 41.5 Å². The minimum Gasteiger partial charge on any atom is -0.481 e. The van der Waals surface area contributed by atoms with Crippen molar-refractivity contribution in [1.82, 2.24) is 20.7 Å². The van der Waals surface area contributed by atoms with Crippen LogP contribution >= 0.6 is 0 Å². The van der Waals surface area contributed by atoms with Crippen LogP contribution in [-0.2, 0) is 10.2 Å². The molecule has 0 bridgehead atoms. The van der Waals surface area contributed by atoms with Gasteiger partial charge in [0.1, 0.15) is 11.0 Å². The summed E-state index contributed by atoms with van der Waals surface area (Å²) in [5.41, 5.74) is 3.53. The molecule has 0 aliphatic heterocycles. The Morgan fingerprint density at radius 1 is 1.07 bits per heavy atom.